The zero-order valence-corrected chi connectivity index (χ0v) is 14.5. The predicted octanol–water partition coefficient (Wildman–Crippen LogP) is 6.72. The lowest BCUT2D eigenvalue weighted by atomic mass is 10.0. The Labute approximate surface area is 146 Å². The van der Waals surface area contributed by atoms with Crippen LogP contribution < -0.4 is 0 Å². The third-order valence-corrected chi connectivity index (χ3v) is 4.17. The first-order valence-corrected chi connectivity index (χ1v) is 8.56. The first-order chi connectivity index (χ1) is 12.0. The van der Waals surface area contributed by atoms with Crippen molar-refractivity contribution in [2.24, 2.45) is 0 Å². The van der Waals surface area contributed by atoms with Crippen LogP contribution in [0.2, 0.25) is 0 Å². The molecule has 2 rings (SSSR count). The second kappa shape index (κ2) is 8.84. The van der Waals surface area contributed by atoms with Crippen molar-refractivity contribution in [3.05, 3.63) is 76.1 Å². The molecular formula is C21H22F4. The molecule has 0 aliphatic rings. The van der Waals surface area contributed by atoms with Crippen molar-refractivity contribution in [2.45, 2.75) is 46.0 Å². The van der Waals surface area contributed by atoms with Crippen LogP contribution in [0.1, 0.15) is 48.9 Å². The van der Waals surface area contributed by atoms with Gasteiger partial charge in [-0.25, -0.2) is 17.6 Å². The Morgan fingerprint density at radius 3 is 1.92 bits per heavy atom. The number of hydrogen-bond acceptors (Lipinski definition) is 0. The Bertz CT molecular complexity index is 722. The lowest BCUT2D eigenvalue weighted by Crippen LogP contribution is -1.99. The number of hydrogen-bond donors (Lipinski definition) is 0. The van der Waals surface area contributed by atoms with E-state index >= 15 is 0 Å². The fraction of sp³-hybridized carbons (Fsp3) is 0.333. The Morgan fingerprint density at radius 1 is 0.840 bits per heavy atom. The Morgan fingerprint density at radius 2 is 1.40 bits per heavy atom. The van der Waals surface area contributed by atoms with Crippen molar-refractivity contribution >= 4 is 5.83 Å². The topological polar surface area (TPSA) is 0 Å². The van der Waals surface area contributed by atoms with Crippen LogP contribution in [0.25, 0.3) is 5.83 Å². The molecule has 134 valence electrons. The molecule has 0 radical (unpaired) electrons. The fourth-order valence-electron chi connectivity index (χ4n) is 2.73. The summed E-state index contributed by atoms with van der Waals surface area (Å²) in [6.07, 6.45) is 1.97. The lowest BCUT2D eigenvalue weighted by molar-refractivity contribution is 0.555. The number of halogens is 4. The van der Waals surface area contributed by atoms with E-state index in [1.807, 2.05) is 0 Å². The molecule has 0 bridgehead atoms. The van der Waals surface area contributed by atoms with Gasteiger partial charge in [0.2, 0.25) is 0 Å². The molecule has 25 heavy (non-hydrogen) atoms. The zero-order chi connectivity index (χ0) is 18.4. The molecule has 0 unspecified atom stereocenters. The molecule has 2 aromatic carbocycles. The fourth-order valence-corrected chi connectivity index (χ4v) is 2.73. The summed E-state index contributed by atoms with van der Waals surface area (Å²) in [4.78, 5) is 0. The smallest absolute Gasteiger partial charge is 0.161 e. The summed E-state index contributed by atoms with van der Waals surface area (Å²) in [6.45, 7) is 3.49. The highest BCUT2D eigenvalue weighted by Gasteiger charge is 2.10. The van der Waals surface area contributed by atoms with Gasteiger partial charge >= 0.3 is 0 Å². The van der Waals surface area contributed by atoms with Gasteiger partial charge in [0.05, 0.1) is 0 Å². The molecule has 0 aromatic heterocycles. The van der Waals surface area contributed by atoms with Gasteiger partial charge in [-0.15, -0.1) is 0 Å². The minimum atomic E-state index is -0.826. The molecule has 0 aliphatic carbocycles. The molecule has 0 saturated heterocycles. The molecule has 0 heterocycles. The van der Waals surface area contributed by atoms with Gasteiger partial charge in [0.1, 0.15) is 17.5 Å². The number of aryl methyl sites for hydroxylation is 2. The van der Waals surface area contributed by atoms with Crippen LogP contribution in [0.15, 0.2) is 42.2 Å². The molecule has 0 spiro atoms. The highest BCUT2D eigenvalue weighted by molar-refractivity contribution is 5.61. The van der Waals surface area contributed by atoms with Gasteiger partial charge in [-0.2, -0.15) is 0 Å². The summed E-state index contributed by atoms with van der Waals surface area (Å²) in [5, 5.41) is 0. The molecule has 0 N–H and O–H groups in total. The van der Waals surface area contributed by atoms with Crippen LogP contribution in [0.5, 0.6) is 0 Å². The monoisotopic (exact) mass is 350 g/mol. The summed E-state index contributed by atoms with van der Waals surface area (Å²) < 4.78 is 55.0. The highest BCUT2D eigenvalue weighted by Crippen LogP contribution is 2.25. The van der Waals surface area contributed by atoms with Crippen LogP contribution in [0.3, 0.4) is 0 Å². The molecule has 0 saturated carbocycles. The van der Waals surface area contributed by atoms with E-state index in [0.717, 1.165) is 5.56 Å². The Hall–Kier alpha value is -2.10. The SMILES string of the molecule is CCC/C(F)=C(\F)c1ccc(CCc2cc(F)c(CC)c(F)c2)cc1. The van der Waals surface area contributed by atoms with Gasteiger partial charge < -0.3 is 0 Å². The van der Waals surface area contributed by atoms with Gasteiger partial charge in [0.25, 0.3) is 0 Å². The third kappa shape index (κ3) is 4.94. The van der Waals surface area contributed by atoms with Gasteiger partial charge in [-0.05, 0) is 48.9 Å². The maximum absolute atomic E-state index is 13.9. The quantitative estimate of drug-likeness (QED) is 0.486. The molecule has 2 aromatic rings. The Kier molecular flexibility index (Phi) is 6.80. The molecule has 0 aliphatic heterocycles. The predicted molar refractivity (Wildman–Crippen MR) is 93.6 cm³/mol. The summed E-state index contributed by atoms with van der Waals surface area (Å²) in [5.74, 6) is -2.61. The number of allylic oxidation sites excluding steroid dienone is 1. The van der Waals surface area contributed by atoms with Gasteiger partial charge in [0, 0.05) is 17.5 Å². The lowest BCUT2D eigenvalue weighted by Gasteiger charge is -2.07. The maximum atomic E-state index is 13.9. The van der Waals surface area contributed by atoms with Crippen molar-refractivity contribution < 1.29 is 17.6 Å². The highest BCUT2D eigenvalue weighted by atomic mass is 19.2. The molecular weight excluding hydrogens is 328 g/mol. The van der Waals surface area contributed by atoms with E-state index in [-0.39, 0.29) is 17.5 Å². The summed E-state index contributed by atoms with van der Waals surface area (Å²) in [7, 11) is 0. The summed E-state index contributed by atoms with van der Waals surface area (Å²) >= 11 is 0. The minimum Gasteiger partial charge on any atom is -0.209 e. The van der Waals surface area contributed by atoms with E-state index in [4.69, 9.17) is 0 Å². The summed E-state index contributed by atoms with van der Waals surface area (Å²) in [5.41, 5.74) is 1.78. The third-order valence-electron chi connectivity index (χ3n) is 4.17. The van der Waals surface area contributed by atoms with E-state index < -0.39 is 23.3 Å². The van der Waals surface area contributed by atoms with Crippen molar-refractivity contribution in [3.8, 4) is 0 Å². The first kappa shape index (κ1) is 19.2. The zero-order valence-electron chi connectivity index (χ0n) is 14.5. The Balaban J connectivity index is 2.06. The molecule has 0 atom stereocenters. The average Bonchev–Trinajstić information content (AvgIpc) is 2.60. The van der Waals surface area contributed by atoms with Gasteiger partial charge in [0.15, 0.2) is 5.83 Å². The van der Waals surface area contributed by atoms with Crippen LogP contribution in [-0.4, -0.2) is 0 Å². The number of rotatable bonds is 7. The second-order valence-corrected chi connectivity index (χ2v) is 6.06. The van der Waals surface area contributed by atoms with E-state index in [0.29, 0.717) is 31.2 Å². The van der Waals surface area contributed by atoms with Crippen LogP contribution in [0.4, 0.5) is 17.6 Å². The van der Waals surface area contributed by atoms with Crippen molar-refractivity contribution in [1.29, 1.82) is 0 Å². The largest absolute Gasteiger partial charge is 0.209 e. The van der Waals surface area contributed by atoms with Crippen LogP contribution in [0, 0.1) is 11.6 Å². The molecule has 0 fully saturated rings. The normalized spacial score (nSPS) is 12.2. The average molecular weight is 350 g/mol. The molecule has 4 heteroatoms. The van der Waals surface area contributed by atoms with Crippen LogP contribution >= 0.6 is 0 Å². The standard InChI is InChI=1S/C21H22F4/c1-3-5-18(22)21(25)16-10-8-14(9-11-16)6-7-15-12-19(23)17(4-2)20(24)13-15/h8-13H,3-7H2,1-2H3/b21-18+. The van der Waals surface area contributed by atoms with Gasteiger partial charge in [-0.1, -0.05) is 38.1 Å². The van der Waals surface area contributed by atoms with E-state index in [1.54, 1.807) is 26.0 Å². The van der Waals surface area contributed by atoms with Crippen molar-refractivity contribution in [2.75, 3.05) is 0 Å². The minimum absolute atomic E-state index is 0.0818. The van der Waals surface area contributed by atoms with E-state index in [2.05, 4.69) is 0 Å². The van der Waals surface area contributed by atoms with Crippen molar-refractivity contribution in [3.63, 3.8) is 0 Å². The van der Waals surface area contributed by atoms with Crippen LogP contribution in [-0.2, 0) is 19.3 Å². The van der Waals surface area contributed by atoms with E-state index in [9.17, 15) is 17.6 Å². The summed E-state index contributed by atoms with van der Waals surface area (Å²) in [6, 6.07) is 9.20. The molecule has 0 amide bonds. The number of benzene rings is 2. The van der Waals surface area contributed by atoms with Crippen molar-refractivity contribution in [1.82, 2.24) is 0 Å². The van der Waals surface area contributed by atoms with Gasteiger partial charge in [-0.3, -0.25) is 0 Å². The van der Waals surface area contributed by atoms with E-state index in [1.165, 1.54) is 24.3 Å². The maximum Gasteiger partial charge on any atom is 0.161 e. The first-order valence-electron chi connectivity index (χ1n) is 8.56. The second-order valence-electron chi connectivity index (χ2n) is 6.06. The molecule has 0 nitrogen and oxygen atoms in total.